The lowest BCUT2D eigenvalue weighted by Crippen LogP contribution is -2.32. The van der Waals surface area contributed by atoms with Gasteiger partial charge in [-0.05, 0) is 45.0 Å². The molecule has 3 heteroatoms. The molecule has 1 atom stereocenters. The molecule has 0 spiro atoms. The van der Waals surface area contributed by atoms with E-state index in [0.29, 0.717) is 11.6 Å². The van der Waals surface area contributed by atoms with E-state index in [0.717, 1.165) is 25.2 Å². The number of benzene rings is 1. The van der Waals surface area contributed by atoms with E-state index in [-0.39, 0.29) is 0 Å². The van der Waals surface area contributed by atoms with E-state index in [1.807, 2.05) is 25.1 Å². The minimum Gasteiger partial charge on any atom is -0.383 e. The van der Waals surface area contributed by atoms with Crippen LogP contribution >= 0.6 is 0 Å². The molecule has 0 aliphatic rings. The van der Waals surface area contributed by atoms with Gasteiger partial charge in [0.1, 0.15) is 6.07 Å². The fraction of sp³-hybridized carbons (Fsp3) is 0.533. The number of hydrogen-bond donors (Lipinski definition) is 1. The molecule has 18 heavy (non-hydrogen) atoms. The van der Waals surface area contributed by atoms with Crippen LogP contribution in [0.2, 0.25) is 0 Å². The van der Waals surface area contributed by atoms with Crippen molar-refractivity contribution in [2.75, 3.05) is 25.5 Å². The molecule has 98 valence electrons. The van der Waals surface area contributed by atoms with E-state index in [1.165, 1.54) is 5.56 Å². The van der Waals surface area contributed by atoms with Crippen LogP contribution in [0.25, 0.3) is 0 Å². The van der Waals surface area contributed by atoms with Crippen molar-refractivity contribution in [3.8, 4) is 6.07 Å². The van der Waals surface area contributed by atoms with Gasteiger partial charge in [-0.1, -0.05) is 13.0 Å². The highest BCUT2D eigenvalue weighted by Gasteiger charge is 2.06. The lowest BCUT2D eigenvalue weighted by Gasteiger charge is -2.23. The maximum absolute atomic E-state index is 9.04. The Morgan fingerprint density at radius 3 is 2.78 bits per heavy atom. The fourth-order valence-electron chi connectivity index (χ4n) is 1.80. The van der Waals surface area contributed by atoms with Gasteiger partial charge in [0.2, 0.25) is 0 Å². The number of rotatable bonds is 6. The Bertz CT molecular complexity index is 420. The third-order valence-corrected chi connectivity index (χ3v) is 3.42. The molecular formula is C15H23N3. The molecule has 1 N–H and O–H groups in total. The van der Waals surface area contributed by atoms with Crippen LogP contribution in [0.3, 0.4) is 0 Å². The van der Waals surface area contributed by atoms with Crippen LogP contribution in [-0.2, 0) is 0 Å². The van der Waals surface area contributed by atoms with Gasteiger partial charge in [-0.15, -0.1) is 0 Å². The van der Waals surface area contributed by atoms with Crippen molar-refractivity contribution in [2.24, 2.45) is 0 Å². The number of likely N-dealkylation sites (N-methyl/N-ethyl adjacent to an activating group) is 1. The van der Waals surface area contributed by atoms with Crippen molar-refractivity contribution < 1.29 is 0 Å². The molecule has 0 fully saturated rings. The van der Waals surface area contributed by atoms with Crippen molar-refractivity contribution in [2.45, 2.75) is 33.2 Å². The molecule has 0 saturated carbocycles. The number of nitrogens with one attached hydrogen (secondary N) is 1. The van der Waals surface area contributed by atoms with Crippen LogP contribution in [0.15, 0.2) is 18.2 Å². The zero-order chi connectivity index (χ0) is 13.5. The van der Waals surface area contributed by atoms with Gasteiger partial charge in [-0.3, -0.25) is 0 Å². The summed E-state index contributed by atoms with van der Waals surface area (Å²) in [6.07, 6.45) is 1.16. The van der Waals surface area contributed by atoms with Gasteiger partial charge in [0, 0.05) is 19.1 Å². The lowest BCUT2D eigenvalue weighted by atomic mass is 10.1. The average molecular weight is 245 g/mol. The number of aryl methyl sites for hydroxylation is 1. The van der Waals surface area contributed by atoms with E-state index < -0.39 is 0 Å². The largest absolute Gasteiger partial charge is 0.383 e. The number of anilines is 1. The molecule has 1 aromatic rings. The molecule has 1 unspecified atom stereocenters. The van der Waals surface area contributed by atoms with Crippen LogP contribution in [0.4, 0.5) is 5.69 Å². The Hall–Kier alpha value is -1.53. The SMILES string of the molecule is CCC(C)N(C)CCNc1cc(C)ccc1C#N. The summed E-state index contributed by atoms with van der Waals surface area (Å²) in [5.74, 6) is 0. The van der Waals surface area contributed by atoms with Gasteiger partial charge >= 0.3 is 0 Å². The van der Waals surface area contributed by atoms with Gasteiger partial charge in [0.05, 0.1) is 11.3 Å². The summed E-state index contributed by atoms with van der Waals surface area (Å²) >= 11 is 0. The molecule has 1 rings (SSSR count). The molecule has 0 heterocycles. The van der Waals surface area contributed by atoms with Gasteiger partial charge in [0.15, 0.2) is 0 Å². The van der Waals surface area contributed by atoms with Crippen molar-refractivity contribution in [1.82, 2.24) is 4.90 Å². The molecule has 1 aromatic carbocycles. The van der Waals surface area contributed by atoms with Crippen molar-refractivity contribution in [1.29, 1.82) is 5.26 Å². The first kappa shape index (κ1) is 14.5. The second-order valence-corrected chi connectivity index (χ2v) is 4.83. The second-order valence-electron chi connectivity index (χ2n) is 4.83. The Labute approximate surface area is 110 Å². The second kappa shape index (κ2) is 7.03. The monoisotopic (exact) mass is 245 g/mol. The normalized spacial score (nSPS) is 12.2. The first-order valence-electron chi connectivity index (χ1n) is 6.53. The summed E-state index contributed by atoms with van der Waals surface area (Å²) < 4.78 is 0. The summed E-state index contributed by atoms with van der Waals surface area (Å²) in [6, 6.07) is 8.68. The molecule has 0 bridgehead atoms. The summed E-state index contributed by atoms with van der Waals surface area (Å²) in [5, 5.41) is 12.4. The summed E-state index contributed by atoms with van der Waals surface area (Å²) in [5.41, 5.74) is 2.83. The molecular weight excluding hydrogens is 222 g/mol. The minimum atomic E-state index is 0.597. The fourth-order valence-corrected chi connectivity index (χ4v) is 1.80. The summed E-state index contributed by atoms with van der Waals surface area (Å²) in [4.78, 5) is 2.33. The van der Waals surface area contributed by atoms with Crippen molar-refractivity contribution in [3.63, 3.8) is 0 Å². The van der Waals surface area contributed by atoms with Crippen molar-refractivity contribution in [3.05, 3.63) is 29.3 Å². The summed E-state index contributed by atoms with van der Waals surface area (Å²) in [6.45, 7) is 8.31. The third-order valence-electron chi connectivity index (χ3n) is 3.42. The Morgan fingerprint density at radius 2 is 2.17 bits per heavy atom. The molecule has 0 aliphatic heterocycles. The maximum atomic E-state index is 9.04. The lowest BCUT2D eigenvalue weighted by molar-refractivity contribution is 0.261. The summed E-state index contributed by atoms with van der Waals surface area (Å²) in [7, 11) is 2.14. The number of nitriles is 1. The van der Waals surface area contributed by atoms with Crippen LogP contribution in [0, 0.1) is 18.3 Å². The predicted octanol–water partition coefficient (Wildman–Crippen LogP) is 3.01. The first-order valence-corrected chi connectivity index (χ1v) is 6.53. The highest BCUT2D eigenvalue weighted by Crippen LogP contribution is 2.16. The topological polar surface area (TPSA) is 39.1 Å². The first-order chi connectivity index (χ1) is 8.58. The van der Waals surface area contributed by atoms with Crippen LogP contribution in [0.5, 0.6) is 0 Å². The van der Waals surface area contributed by atoms with Gasteiger partial charge in [-0.2, -0.15) is 5.26 Å². The van der Waals surface area contributed by atoms with Gasteiger partial charge in [-0.25, -0.2) is 0 Å². The minimum absolute atomic E-state index is 0.597. The molecule has 0 aliphatic carbocycles. The number of hydrogen-bond acceptors (Lipinski definition) is 3. The van der Waals surface area contributed by atoms with Crippen LogP contribution in [-0.4, -0.2) is 31.1 Å². The number of nitrogens with zero attached hydrogens (tertiary/aromatic N) is 2. The Morgan fingerprint density at radius 1 is 1.44 bits per heavy atom. The molecule has 3 nitrogen and oxygen atoms in total. The average Bonchev–Trinajstić information content (AvgIpc) is 2.38. The quantitative estimate of drug-likeness (QED) is 0.837. The van der Waals surface area contributed by atoms with E-state index in [9.17, 15) is 0 Å². The van der Waals surface area contributed by atoms with Crippen LogP contribution < -0.4 is 5.32 Å². The molecule has 0 saturated heterocycles. The standard InChI is InChI=1S/C15H23N3/c1-5-13(3)18(4)9-8-17-15-10-12(2)6-7-14(15)11-16/h6-7,10,13,17H,5,8-9H2,1-4H3. The van der Waals surface area contributed by atoms with Crippen molar-refractivity contribution >= 4 is 5.69 Å². The zero-order valence-electron chi connectivity index (χ0n) is 11.8. The van der Waals surface area contributed by atoms with Gasteiger partial charge in [0.25, 0.3) is 0 Å². The smallest absolute Gasteiger partial charge is 0.101 e. The van der Waals surface area contributed by atoms with E-state index in [1.54, 1.807) is 0 Å². The third kappa shape index (κ3) is 4.05. The molecule has 0 aromatic heterocycles. The highest BCUT2D eigenvalue weighted by molar-refractivity contribution is 5.58. The molecule has 0 amide bonds. The molecule has 0 radical (unpaired) electrons. The Balaban J connectivity index is 2.54. The zero-order valence-corrected chi connectivity index (χ0v) is 11.8. The highest BCUT2D eigenvalue weighted by atomic mass is 15.1. The van der Waals surface area contributed by atoms with E-state index >= 15 is 0 Å². The van der Waals surface area contributed by atoms with E-state index in [4.69, 9.17) is 5.26 Å². The maximum Gasteiger partial charge on any atom is 0.101 e. The van der Waals surface area contributed by atoms with E-state index in [2.05, 4.69) is 37.2 Å². The predicted molar refractivity (Wildman–Crippen MR) is 76.8 cm³/mol. The Kier molecular flexibility index (Phi) is 5.67. The van der Waals surface area contributed by atoms with Crippen LogP contribution in [0.1, 0.15) is 31.4 Å². The van der Waals surface area contributed by atoms with Gasteiger partial charge < -0.3 is 10.2 Å².